The number of benzene rings is 1. The van der Waals surface area contributed by atoms with Crippen LogP contribution in [0.15, 0.2) is 30.3 Å². The van der Waals surface area contributed by atoms with Crippen molar-refractivity contribution in [3.05, 3.63) is 45.3 Å². The summed E-state index contributed by atoms with van der Waals surface area (Å²) in [6.45, 7) is 1.50. The molecule has 0 spiro atoms. The average Bonchev–Trinajstić information content (AvgIpc) is 2.87. The minimum atomic E-state index is -0.0194. The third kappa shape index (κ3) is 3.37. The van der Waals surface area contributed by atoms with Gasteiger partial charge in [-0.25, -0.2) is 9.97 Å². The Bertz CT molecular complexity index is 950. The molecule has 3 aromatic rings. The van der Waals surface area contributed by atoms with Crippen LogP contribution in [0.2, 0.25) is 10.0 Å². The number of hydrogen-bond donors (Lipinski definition) is 1. The smallest absolute Gasteiger partial charge is 0.221 e. The summed E-state index contributed by atoms with van der Waals surface area (Å²) in [5.74, 6) is 0.150. The summed E-state index contributed by atoms with van der Waals surface area (Å²) in [4.78, 5) is 21.3. The van der Waals surface area contributed by atoms with E-state index in [1.54, 1.807) is 24.3 Å². The van der Waals surface area contributed by atoms with E-state index in [0.29, 0.717) is 15.7 Å². The lowest BCUT2D eigenvalue weighted by molar-refractivity contribution is -0.112. The van der Waals surface area contributed by atoms with Gasteiger partial charge in [0.15, 0.2) is 5.78 Å². The molecular weight excluding hydrogens is 353 g/mol. The molecule has 0 fully saturated rings. The first-order valence-corrected chi connectivity index (χ1v) is 8.22. The van der Waals surface area contributed by atoms with E-state index < -0.39 is 0 Å². The zero-order chi connectivity index (χ0) is 16.6. The van der Waals surface area contributed by atoms with Gasteiger partial charge >= 0.3 is 0 Å². The molecule has 2 N–H and O–H groups in total. The average molecular weight is 364 g/mol. The van der Waals surface area contributed by atoms with Crippen LogP contribution in [0.3, 0.4) is 0 Å². The maximum Gasteiger partial charge on any atom is 0.221 e. The highest BCUT2D eigenvalue weighted by Gasteiger charge is 2.14. The number of hydrogen-bond acceptors (Lipinski definition) is 5. The fraction of sp³-hybridized carbons (Fsp3) is 0.0625. The molecule has 4 nitrogen and oxygen atoms in total. The highest BCUT2D eigenvalue weighted by Crippen LogP contribution is 2.36. The third-order valence-electron chi connectivity index (χ3n) is 3.10. The second-order valence-corrected chi connectivity index (χ2v) is 6.77. The monoisotopic (exact) mass is 363 g/mol. The number of ketones is 1. The quantitative estimate of drug-likeness (QED) is 0.675. The van der Waals surface area contributed by atoms with Crippen molar-refractivity contribution in [2.45, 2.75) is 6.92 Å². The van der Waals surface area contributed by atoms with E-state index in [-0.39, 0.29) is 11.7 Å². The van der Waals surface area contributed by atoms with Gasteiger partial charge in [0.05, 0.1) is 10.7 Å². The van der Waals surface area contributed by atoms with E-state index in [2.05, 4.69) is 9.97 Å². The van der Waals surface area contributed by atoms with Crippen LogP contribution in [-0.2, 0) is 4.79 Å². The van der Waals surface area contributed by atoms with Crippen LogP contribution >= 0.6 is 34.5 Å². The summed E-state index contributed by atoms with van der Waals surface area (Å²) in [5, 5.41) is 1.87. The zero-order valence-electron chi connectivity index (χ0n) is 12.0. The molecule has 2 aromatic heterocycles. The molecule has 7 heteroatoms. The van der Waals surface area contributed by atoms with Gasteiger partial charge in [-0.15, -0.1) is 11.3 Å². The van der Waals surface area contributed by atoms with E-state index >= 15 is 0 Å². The van der Waals surface area contributed by atoms with Crippen molar-refractivity contribution in [3.8, 4) is 11.3 Å². The van der Waals surface area contributed by atoms with Crippen LogP contribution in [-0.4, -0.2) is 15.8 Å². The Morgan fingerprint density at radius 3 is 2.74 bits per heavy atom. The minimum Gasteiger partial charge on any atom is -0.368 e. The number of nitrogens with zero attached hydrogens (tertiary/aromatic N) is 2. The summed E-state index contributed by atoms with van der Waals surface area (Å²) in [5.41, 5.74) is 7.19. The molecule has 0 unspecified atom stereocenters. The van der Waals surface area contributed by atoms with Crippen LogP contribution in [0, 0.1) is 0 Å². The van der Waals surface area contributed by atoms with Crippen molar-refractivity contribution < 1.29 is 4.79 Å². The highest BCUT2D eigenvalue weighted by molar-refractivity contribution is 7.19. The molecule has 23 heavy (non-hydrogen) atoms. The van der Waals surface area contributed by atoms with Crippen LogP contribution in [0.1, 0.15) is 11.8 Å². The summed E-state index contributed by atoms with van der Waals surface area (Å²) in [6, 6.07) is 7.12. The molecule has 0 amide bonds. The first kappa shape index (κ1) is 15.9. The van der Waals surface area contributed by atoms with Gasteiger partial charge < -0.3 is 5.73 Å². The maximum atomic E-state index is 11.1. The second-order valence-electron chi connectivity index (χ2n) is 4.87. The predicted octanol–water partition coefficient (Wildman–Crippen LogP) is 4.85. The van der Waals surface area contributed by atoms with Gasteiger partial charge in [0.2, 0.25) is 5.95 Å². The molecule has 2 heterocycles. The first-order chi connectivity index (χ1) is 10.9. The molecule has 0 bridgehead atoms. The lowest BCUT2D eigenvalue weighted by atomic mass is 10.1. The molecule has 0 aliphatic heterocycles. The molecule has 0 radical (unpaired) electrons. The van der Waals surface area contributed by atoms with Gasteiger partial charge in [0.1, 0.15) is 4.83 Å². The largest absolute Gasteiger partial charge is 0.368 e. The Labute approximate surface area is 146 Å². The van der Waals surface area contributed by atoms with E-state index in [0.717, 1.165) is 20.7 Å². The Balaban J connectivity index is 2.21. The highest BCUT2D eigenvalue weighted by atomic mass is 35.5. The van der Waals surface area contributed by atoms with E-state index in [4.69, 9.17) is 28.9 Å². The van der Waals surface area contributed by atoms with Gasteiger partial charge in [-0.3, -0.25) is 4.79 Å². The number of rotatable bonds is 3. The minimum absolute atomic E-state index is 0.0194. The number of nitrogens with two attached hydrogens (primary N) is 1. The predicted molar refractivity (Wildman–Crippen MR) is 97.0 cm³/mol. The summed E-state index contributed by atoms with van der Waals surface area (Å²) in [6.07, 6.45) is 3.26. The molecule has 0 saturated heterocycles. The molecule has 116 valence electrons. The van der Waals surface area contributed by atoms with Crippen molar-refractivity contribution in [2.24, 2.45) is 0 Å². The van der Waals surface area contributed by atoms with Gasteiger partial charge in [0.25, 0.3) is 0 Å². The number of aromatic nitrogens is 2. The van der Waals surface area contributed by atoms with Gasteiger partial charge in [-0.1, -0.05) is 23.2 Å². The Kier molecular flexibility index (Phi) is 4.35. The molecular formula is C16H11Cl2N3OS. The molecule has 0 aliphatic rings. The fourth-order valence-corrected chi connectivity index (χ4v) is 3.56. The van der Waals surface area contributed by atoms with Crippen LogP contribution < -0.4 is 5.73 Å². The van der Waals surface area contributed by atoms with Crippen LogP contribution in [0.5, 0.6) is 0 Å². The molecule has 0 atom stereocenters. The van der Waals surface area contributed by atoms with Gasteiger partial charge in [-0.2, -0.15) is 0 Å². The van der Waals surface area contributed by atoms with E-state index in [1.165, 1.54) is 24.3 Å². The maximum absolute atomic E-state index is 11.1. The number of carbonyl (C=O) groups excluding carboxylic acids is 1. The number of anilines is 1. The SMILES string of the molecule is CC(=O)C=Cc1cc2c(-c3ccc(Cl)cc3Cl)nc(N)nc2s1. The van der Waals surface area contributed by atoms with Crippen molar-refractivity contribution >= 4 is 62.6 Å². The number of thiophene rings is 1. The number of halogens is 2. The van der Waals surface area contributed by atoms with E-state index in [1.807, 2.05) is 6.07 Å². The molecule has 0 aliphatic carbocycles. The summed E-state index contributed by atoms with van der Waals surface area (Å²) >= 11 is 13.7. The second kappa shape index (κ2) is 6.28. The topological polar surface area (TPSA) is 68.9 Å². The Morgan fingerprint density at radius 1 is 1.26 bits per heavy atom. The molecule has 1 aromatic carbocycles. The lowest BCUT2D eigenvalue weighted by Gasteiger charge is -2.06. The van der Waals surface area contributed by atoms with Crippen molar-refractivity contribution in [2.75, 3.05) is 5.73 Å². The van der Waals surface area contributed by atoms with Crippen LogP contribution in [0.25, 0.3) is 27.6 Å². The number of fused-ring (bicyclic) bond motifs is 1. The normalized spacial score (nSPS) is 11.4. The number of allylic oxidation sites excluding steroid dienone is 1. The van der Waals surface area contributed by atoms with Crippen molar-refractivity contribution in [1.82, 2.24) is 9.97 Å². The first-order valence-electron chi connectivity index (χ1n) is 6.65. The Morgan fingerprint density at radius 2 is 2.04 bits per heavy atom. The molecule has 0 saturated carbocycles. The van der Waals surface area contributed by atoms with Crippen LogP contribution in [0.4, 0.5) is 5.95 Å². The lowest BCUT2D eigenvalue weighted by Crippen LogP contribution is -1.96. The van der Waals surface area contributed by atoms with E-state index in [9.17, 15) is 4.79 Å². The van der Waals surface area contributed by atoms with Gasteiger partial charge in [-0.05, 0) is 43.3 Å². The third-order valence-corrected chi connectivity index (χ3v) is 4.64. The van der Waals surface area contributed by atoms with Gasteiger partial charge in [0, 0.05) is 20.8 Å². The number of nitrogen functional groups attached to an aromatic ring is 1. The zero-order valence-corrected chi connectivity index (χ0v) is 14.3. The summed E-state index contributed by atoms with van der Waals surface area (Å²) in [7, 11) is 0. The molecule has 3 rings (SSSR count). The van der Waals surface area contributed by atoms with Crippen molar-refractivity contribution in [3.63, 3.8) is 0 Å². The fourth-order valence-electron chi connectivity index (χ4n) is 2.13. The Hall–Kier alpha value is -1.95. The standard InChI is InChI=1S/C16H11Cl2N3OS/c1-8(22)2-4-10-7-12-14(20-16(19)21-15(12)23-10)11-5-3-9(17)6-13(11)18/h2-7H,1H3,(H2,19,20,21). The van der Waals surface area contributed by atoms with Crippen molar-refractivity contribution in [1.29, 1.82) is 0 Å². The summed E-state index contributed by atoms with van der Waals surface area (Å²) < 4.78 is 0. The number of carbonyl (C=O) groups is 1.